The van der Waals surface area contributed by atoms with E-state index >= 15 is 0 Å². The van der Waals surface area contributed by atoms with Crippen LogP contribution in [0.15, 0.2) is 78.9 Å². The molecule has 0 fully saturated rings. The number of phenolic OH excluding ortho intramolecular Hbond substituents is 1. The number of nitrogens with one attached hydrogen (secondary N) is 1. The Morgan fingerprint density at radius 2 is 1.27 bits per heavy atom. The van der Waals surface area contributed by atoms with E-state index in [1.54, 1.807) is 12.1 Å². The molecule has 3 aromatic rings. The molecule has 0 heterocycles. The lowest BCUT2D eigenvalue weighted by Crippen LogP contribution is -2.36. The highest BCUT2D eigenvalue weighted by Crippen LogP contribution is 2.39. The Labute approximate surface area is 285 Å². The highest BCUT2D eigenvalue weighted by molar-refractivity contribution is 7.91. The molecular formula is C38H48F5NO3S. The van der Waals surface area contributed by atoms with Crippen LogP contribution in [0.4, 0.5) is 22.0 Å². The quantitative estimate of drug-likeness (QED) is 0.0476. The molecule has 3 rings (SSSR count). The van der Waals surface area contributed by atoms with Gasteiger partial charge in [-0.25, -0.2) is 0 Å². The van der Waals surface area contributed by atoms with E-state index in [1.165, 1.54) is 11.1 Å². The molecule has 10 heteroatoms. The van der Waals surface area contributed by atoms with Crippen LogP contribution < -0.4 is 10.1 Å². The molecule has 0 amide bonds. The van der Waals surface area contributed by atoms with Gasteiger partial charge in [-0.2, -0.15) is 22.0 Å². The van der Waals surface area contributed by atoms with E-state index in [4.69, 9.17) is 4.74 Å². The molecule has 4 nitrogen and oxygen atoms in total. The monoisotopic (exact) mass is 693 g/mol. The zero-order chi connectivity index (χ0) is 34.8. The minimum absolute atomic E-state index is 0.120. The lowest BCUT2D eigenvalue weighted by Gasteiger charge is -2.19. The minimum Gasteiger partial charge on any atom is -0.616 e. The smallest absolute Gasteiger partial charge is 0.453 e. The highest BCUT2D eigenvalue weighted by Gasteiger charge is 2.56. The van der Waals surface area contributed by atoms with Crippen molar-refractivity contribution >= 4 is 22.3 Å². The van der Waals surface area contributed by atoms with Crippen LogP contribution in [-0.4, -0.2) is 53.0 Å². The van der Waals surface area contributed by atoms with Gasteiger partial charge in [-0.05, 0) is 90.8 Å². The van der Waals surface area contributed by atoms with Crippen molar-refractivity contribution in [3.8, 4) is 11.5 Å². The molecule has 0 aliphatic carbocycles. The van der Waals surface area contributed by atoms with Crippen molar-refractivity contribution in [2.75, 3.05) is 31.2 Å². The van der Waals surface area contributed by atoms with E-state index in [0.29, 0.717) is 18.8 Å². The first-order valence-electron chi connectivity index (χ1n) is 16.8. The number of phenols is 1. The summed E-state index contributed by atoms with van der Waals surface area (Å²) >= 11 is -1.36. The summed E-state index contributed by atoms with van der Waals surface area (Å²) in [4.78, 5) is 0. The molecule has 2 N–H and O–H groups in total. The lowest BCUT2D eigenvalue weighted by atomic mass is 9.88. The zero-order valence-electron chi connectivity index (χ0n) is 27.7. The maximum Gasteiger partial charge on any atom is 0.453 e. The van der Waals surface area contributed by atoms with E-state index in [1.807, 2.05) is 42.5 Å². The number of ether oxygens (including phenoxy) is 1. The van der Waals surface area contributed by atoms with E-state index in [-0.39, 0.29) is 11.5 Å². The van der Waals surface area contributed by atoms with Crippen LogP contribution in [-0.2, 0) is 11.2 Å². The molecule has 0 radical (unpaired) electrons. The predicted molar refractivity (Wildman–Crippen MR) is 186 cm³/mol. The second kappa shape index (κ2) is 20.4. The first kappa shape index (κ1) is 39.4. The van der Waals surface area contributed by atoms with Crippen LogP contribution in [0, 0.1) is 0 Å². The molecule has 0 aromatic heterocycles. The van der Waals surface area contributed by atoms with Gasteiger partial charge in [0.25, 0.3) is 0 Å². The summed E-state index contributed by atoms with van der Waals surface area (Å²) in [6.07, 6.45) is 0.437. The molecule has 1 unspecified atom stereocenters. The van der Waals surface area contributed by atoms with Gasteiger partial charge in [-0.3, -0.25) is 0 Å². The number of rotatable bonds is 22. The van der Waals surface area contributed by atoms with E-state index < -0.39 is 36.1 Å². The molecule has 1 atom stereocenters. The predicted octanol–water partition coefficient (Wildman–Crippen LogP) is 10.2. The van der Waals surface area contributed by atoms with Crippen LogP contribution >= 0.6 is 0 Å². The van der Waals surface area contributed by atoms with Crippen LogP contribution in [0.25, 0.3) is 11.1 Å². The summed E-state index contributed by atoms with van der Waals surface area (Å²) in [7, 11) is 0. The number of unbranched alkanes of at least 4 members (excludes halogenated alkanes) is 6. The zero-order valence-corrected chi connectivity index (χ0v) is 28.5. The number of alkyl halides is 5. The first-order valence-corrected chi connectivity index (χ1v) is 18.3. The van der Waals surface area contributed by atoms with Gasteiger partial charge in [0.1, 0.15) is 29.6 Å². The van der Waals surface area contributed by atoms with Crippen molar-refractivity contribution < 1.29 is 36.3 Å². The molecule has 0 spiro atoms. The molecule has 0 aliphatic rings. The number of allylic oxidation sites excluding steroid dienone is 1. The van der Waals surface area contributed by atoms with Gasteiger partial charge in [-0.1, -0.05) is 98.4 Å². The number of hydrogen-bond donors (Lipinski definition) is 2. The normalized spacial score (nSPS) is 13.3. The fourth-order valence-corrected chi connectivity index (χ4v) is 6.68. The summed E-state index contributed by atoms with van der Waals surface area (Å²) in [5.74, 6) is -3.45. The maximum absolute atomic E-state index is 12.9. The average Bonchev–Trinajstić information content (AvgIpc) is 3.06. The van der Waals surface area contributed by atoms with Crippen LogP contribution in [0.3, 0.4) is 0 Å². The minimum atomic E-state index is -5.55. The third kappa shape index (κ3) is 13.4. The van der Waals surface area contributed by atoms with Crippen molar-refractivity contribution in [2.24, 2.45) is 0 Å². The van der Waals surface area contributed by atoms with Crippen molar-refractivity contribution in [3.63, 3.8) is 0 Å². The fourth-order valence-electron chi connectivity index (χ4n) is 5.49. The Kier molecular flexibility index (Phi) is 16.8. The van der Waals surface area contributed by atoms with Crippen molar-refractivity contribution in [1.29, 1.82) is 0 Å². The van der Waals surface area contributed by atoms with Crippen LogP contribution in [0.1, 0.15) is 87.8 Å². The van der Waals surface area contributed by atoms with Crippen molar-refractivity contribution in [1.82, 2.24) is 5.32 Å². The summed E-state index contributed by atoms with van der Waals surface area (Å²) in [5.41, 5.74) is 5.64. The van der Waals surface area contributed by atoms with Gasteiger partial charge in [-0.15, -0.1) is 0 Å². The van der Waals surface area contributed by atoms with Gasteiger partial charge in [0.15, 0.2) is 0 Å². The van der Waals surface area contributed by atoms with Gasteiger partial charge in [0.05, 0.1) is 0 Å². The number of benzene rings is 3. The number of halogens is 5. The topological polar surface area (TPSA) is 64.5 Å². The molecule has 3 aromatic carbocycles. The summed E-state index contributed by atoms with van der Waals surface area (Å²) < 4.78 is 80.2. The highest BCUT2D eigenvalue weighted by atomic mass is 32.2. The molecule has 0 saturated heterocycles. The molecule has 264 valence electrons. The average molecular weight is 694 g/mol. The van der Waals surface area contributed by atoms with Gasteiger partial charge < -0.3 is 19.7 Å². The lowest BCUT2D eigenvalue weighted by molar-refractivity contribution is -0.284. The third-order valence-electron chi connectivity index (χ3n) is 8.13. The fraction of sp³-hybridized carbons (Fsp3) is 0.474. The maximum atomic E-state index is 12.9. The SMILES string of the molecule is CC/C(=C(/c1ccc(O)cc1)c1ccc(OCCNCCCCCCCCC[S+]([O-])CCCC(F)(F)C(F)(F)F)cc1)c1ccccc1. The second-order valence-corrected chi connectivity index (χ2v) is 13.6. The Hall–Kier alpha value is -3.08. The van der Waals surface area contributed by atoms with Gasteiger partial charge in [0.2, 0.25) is 0 Å². The molecule has 48 heavy (non-hydrogen) atoms. The standard InChI is InChI=1S/C38H48F5NO3S/c1-2-35(30-14-9-8-10-15-30)36(31-16-20-33(45)21-17-31)32-18-22-34(23-19-32)47-27-26-44-25-11-6-4-3-5-7-12-28-48(46)29-13-24-37(39,40)38(41,42)43/h8-10,14-23,44-45H,2-7,11-13,24-29H2,1H3/b36-35+. The van der Waals surface area contributed by atoms with Crippen LogP contribution in [0.5, 0.6) is 11.5 Å². The van der Waals surface area contributed by atoms with Crippen molar-refractivity contribution in [3.05, 3.63) is 95.6 Å². The Morgan fingerprint density at radius 3 is 1.88 bits per heavy atom. The molecule has 0 saturated carbocycles. The number of aromatic hydroxyl groups is 1. The van der Waals surface area contributed by atoms with E-state index in [0.717, 1.165) is 80.5 Å². The molecular weight excluding hydrogens is 645 g/mol. The summed E-state index contributed by atoms with van der Waals surface area (Å²) in [6, 6.07) is 25.8. The summed E-state index contributed by atoms with van der Waals surface area (Å²) in [6.45, 7) is 4.34. The third-order valence-corrected chi connectivity index (χ3v) is 9.62. The number of hydrogen-bond acceptors (Lipinski definition) is 4. The van der Waals surface area contributed by atoms with E-state index in [9.17, 15) is 31.6 Å². The second-order valence-electron chi connectivity index (χ2n) is 11.9. The van der Waals surface area contributed by atoms with E-state index in [2.05, 4.69) is 36.5 Å². The first-order chi connectivity index (χ1) is 23.0. The molecule has 0 aliphatic heterocycles. The van der Waals surface area contributed by atoms with Crippen molar-refractivity contribution in [2.45, 2.75) is 83.2 Å². The van der Waals surface area contributed by atoms with Crippen LogP contribution in [0.2, 0.25) is 0 Å². The largest absolute Gasteiger partial charge is 0.616 e. The van der Waals surface area contributed by atoms with Gasteiger partial charge >= 0.3 is 12.1 Å². The van der Waals surface area contributed by atoms with Gasteiger partial charge in [0, 0.05) is 13.0 Å². The summed E-state index contributed by atoms with van der Waals surface area (Å²) in [5, 5.41) is 13.3. The molecule has 0 bridgehead atoms. The Bertz CT molecular complexity index is 1350. The Morgan fingerprint density at radius 1 is 0.708 bits per heavy atom. The Balaban J connectivity index is 1.28.